The van der Waals surface area contributed by atoms with Crippen LogP contribution in [0.5, 0.6) is 0 Å². The molecule has 4 nitrogen and oxygen atoms in total. The van der Waals surface area contributed by atoms with Gasteiger partial charge in [-0.1, -0.05) is 30.3 Å². The second-order valence-electron chi connectivity index (χ2n) is 5.96. The molecule has 0 spiro atoms. The second kappa shape index (κ2) is 6.30. The standard InChI is InChI=1S/C16H20F2N2O2/c17-16(18)9-14(19-11-16)15(21)20-6-7-22-13(10-20)8-12-4-2-1-3-5-12/h1-5,13-14,19H,6-11H2. The Morgan fingerprint density at radius 1 is 1.36 bits per heavy atom. The van der Waals surface area contributed by atoms with Crippen molar-refractivity contribution in [2.75, 3.05) is 26.2 Å². The second-order valence-corrected chi connectivity index (χ2v) is 5.96. The van der Waals surface area contributed by atoms with Gasteiger partial charge in [-0.2, -0.15) is 0 Å². The van der Waals surface area contributed by atoms with E-state index < -0.39 is 24.9 Å². The quantitative estimate of drug-likeness (QED) is 0.919. The highest BCUT2D eigenvalue weighted by Gasteiger charge is 2.44. The molecule has 0 bridgehead atoms. The maximum Gasteiger partial charge on any atom is 0.262 e. The molecular weight excluding hydrogens is 290 g/mol. The van der Waals surface area contributed by atoms with E-state index in [9.17, 15) is 13.6 Å². The van der Waals surface area contributed by atoms with Gasteiger partial charge in [0.1, 0.15) is 0 Å². The first-order valence-corrected chi connectivity index (χ1v) is 7.59. The number of ether oxygens (including phenoxy) is 1. The number of alkyl halides is 2. The molecule has 3 rings (SSSR count). The van der Waals surface area contributed by atoms with Gasteiger partial charge in [-0.05, 0) is 5.56 Å². The highest BCUT2D eigenvalue weighted by Crippen LogP contribution is 2.26. The smallest absolute Gasteiger partial charge is 0.262 e. The van der Waals surface area contributed by atoms with Crippen LogP contribution >= 0.6 is 0 Å². The molecule has 6 heteroatoms. The Morgan fingerprint density at radius 2 is 2.14 bits per heavy atom. The zero-order chi connectivity index (χ0) is 15.6. The van der Waals surface area contributed by atoms with Crippen LogP contribution in [0.3, 0.4) is 0 Å². The van der Waals surface area contributed by atoms with Gasteiger partial charge in [0.15, 0.2) is 0 Å². The van der Waals surface area contributed by atoms with E-state index in [1.54, 1.807) is 4.90 Å². The van der Waals surface area contributed by atoms with Crippen LogP contribution in [0.1, 0.15) is 12.0 Å². The van der Waals surface area contributed by atoms with E-state index in [0.717, 1.165) is 12.0 Å². The van der Waals surface area contributed by atoms with E-state index in [1.165, 1.54) is 0 Å². The number of carbonyl (C=O) groups excluding carboxylic acids is 1. The number of nitrogens with one attached hydrogen (secondary N) is 1. The number of carbonyl (C=O) groups is 1. The van der Waals surface area contributed by atoms with Crippen LogP contribution in [-0.4, -0.2) is 55.1 Å². The van der Waals surface area contributed by atoms with Gasteiger partial charge in [0.05, 0.1) is 25.3 Å². The van der Waals surface area contributed by atoms with Gasteiger partial charge >= 0.3 is 0 Å². The van der Waals surface area contributed by atoms with E-state index in [4.69, 9.17) is 4.74 Å². The van der Waals surface area contributed by atoms with Crippen LogP contribution < -0.4 is 5.32 Å². The van der Waals surface area contributed by atoms with E-state index in [1.807, 2.05) is 30.3 Å². The highest BCUT2D eigenvalue weighted by atomic mass is 19.3. The minimum atomic E-state index is -2.78. The van der Waals surface area contributed by atoms with Crippen molar-refractivity contribution in [3.05, 3.63) is 35.9 Å². The molecule has 2 fully saturated rings. The molecule has 0 aliphatic carbocycles. The molecule has 120 valence electrons. The fourth-order valence-corrected chi connectivity index (χ4v) is 3.03. The van der Waals surface area contributed by atoms with Crippen molar-refractivity contribution in [3.8, 4) is 0 Å². The number of halogens is 2. The van der Waals surface area contributed by atoms with E-state index in [0.29, 0.717) is 19.7 Å². The summed E-state index contributed by atoms with van der Waals surface area (Å²) in [5, 5.41) is 2.63. The predicted octanol–water partition coefficient (Wildman–Crippen LogP) is 1.45. The zero-order valence-electron chi connectivity index (χ0n) is 12.3. The molecule has 2 atom stereocenters. The number of benzene rings is 1. The fourth-order valence-electron chi connectivity index (χ4n) is 3.03. The summed E-state index contributed by atoms with van der Waals surface area (Å²) in [7, 11) is 0. The topological polar surface area (TPSA) is 41.6 Å². The number of amides is 1. The number of nitrogens with zero attached hydrogens (tertiary/aromatic N) is 1. The summed E-state index contributed by atoms with van der Waals surface area (Å²) in [4.78, 5) is 14.0. The van der Waals surface area contributed by atoms with Gasteiger partial charge in [0.25, 0.3) is 5.92 Å². The van der Waals surface area contributed by atoms with E-state index >= 15 is 0 Å². The molecule has 0 radical (unpaired) electrons. The van der Waals surface area contributed by atoms with Crippen LogP contribution in [0.15, 0.2) is 30.3 Å². The first-order valence-electron chi connectivity index (χ1n) is 7.59. The molecule has 0 aromatic heterocycles. The van der Waals surface area contributed by atoms with Crippen molar-refractivity contribution in [3.63, 3.8) is 0 Å². The third-order valence-electron chi connectivity index (χ3n) is 4.16. The van der Waals surface area contributed by atoms with Crippen LogP contribution in [0.4, 0.5) is 8.78 Å². The summed E-state index contributed by atoms with van der Waals surface area (Å²) >= 11 is 0. The summed E-state index contributed by atoms with van der Waals surface area (Å²) in [5.74, 6) is -3.02. The van der Waals surface area contributed by atoms with Crippen molar-refractivity contribution in [1.82, 2.24) is 10.2 Å². The number of hydrogen-bond donors (Lipinski definition) is 1. The Balaban J connectivity index is 1.57. The summed E-state index contributed by atoms with van der Waals surface area (Å²) < 4.78 is 32.2. The molecule has 1 amide bonds. The maximum atomic E-state index is 13.2. The molecule has 1 N–H and O–H groups in total. The normalized spacial score (nSPS) is 27.8. The van der Waals surface area contributed by atoms with Gasteiger partial charge in [-0.15, -0.1) is 0 Å². The SMILES string of the molecule is O=C(C1CC(F)(F)CN1)N1CCOC(Cc2ccccc2)C1. The third-order valence-corrected chi connectivity index (χ3v) is 4.16. The molecule has 2 unspecified atom stereocenters. The first kappa shape index (κ1) is 15.4. The van der Waals surface area contributed by atoms with Gasteiger partial charge < -0.3 is 9.64 Å². The third kappa shape index (κ3) is 3.62. The van der Waals surface area contributed by atoms with Gasteiger partial charge in [0, 0.05) is 25.9 Å². The van der Waals surface area contributed by atoms with Crippen LogP contribution in [0.25, 0.3) is 0 Å². The van der Waals surface area contributed by atoms with Crippen molar-refractivity contribution < 1.29 is 18.3 Å². The number of rotatable bonds is 3. The molecule has 0 saturated carbocycles. The first-order chi connectivity index (χ1) is 10.5. The summed E-state index contributed by atoms with van der Waals surface area (Å²) in [6.45, 7) is 0.957. The van der Waals surface area contributed by atoms with Gasteiger partial charge in [-0.25, -0.2) is 8.78 Å². The molecule has 22 heavy (non-hydrogen) atoms. The number of hydrogen-bond acceptors (Lipinski definition) is 3. The summed E-state index contributed by atoms with van der Waals surface area (Å²) in [6.07, 6.45) is 0.229. The van der Waals surface area contributed by atoms with Gasteiger partial charge in [0.2, 0.25) is 5.91 Å². The lowest BCUT2D eigenvalue weighted by molar-refractivity contribution is -0.141. The largest absolute Gasteiger partial charge is 0.374 e. The Labute approximate surface area is 128 Å². The monoisotopic (exact) mass is 310 g/mol. The lowest BCUT2D eigenvalue weighted by Gasteiger charge is -2.34. The lowest BCUT2D eigenvalue weighted by Crippen LogP contribution is -2.51. The molecule has 2 heterocycles. The zero-order valence-corrected chi connectivity index (χ0v) is 12.3. The molecular formula is C16H20F2N2O2. The minimum absolute atomic E-state index is 0.0815. The average molecular weight is 310 g/mol. The summed E-state index contributed by atoms with van der Waals surface area (Å²) in [6, 6.07) is 9.14. The van der Waals surface area contributed by atoms with Crippen molar-refractivity contribution in [2.24, 2.45) is 0 Å². The summed E-state index contributed by atoms with van der Waals surface area (Å²) in [5.41, 5.74) is 1.15. The molecule has 2 saturated heterocycles. The minimum Gasteiger partial charge on any atom is -0.374 e. The van der Waals surface area contributed by atoms with Crippen molar-refractivity contribution >= 4 is 5.91 Å². The van der Waals surface area contributed by atoms with E-state index in [2.05, 4.69) is 5.32 Å². The Hall–Kier alpha value is -1.53. The highest BCUT2D eigenvalue weighted by molar-refractivity contribution is 5.82. The molecule has 2 aliphatic rings. The average Bonchev–Trinajstić information content (AvgIpc) is 2.88. The van der Waals surface area contributed by atoms with Crippen molar-refractivity contribution in [2.45, 2.75) is 30.9 Å². The van der Waals surface area contributed by atoms with E-state index in [-0.39, 0.29) is 12.0 Å². The van der Waals surface area contributed by atoms with Gasteiger partial charge in [-0.3, -0.25) is 10.1 Å². The Morgan fingerprint density at radius 3 is 2.82 bits per heavy atom. The Bertz CT molecular complexity index is 524. The van der Waals surface area contributed by atoms with Crippen molar-refractivity contribution in [1.29, 1.82) is 0 Å². The molecule has 2 aliphatic heterocycles. The van der Waals surface area contributed by atoms with Crippen LogP contribution in [0.2, 0.25) is 0 Å². The van der Waals surface area contributed by atoms with Crippen LogP contribution in [-0.2, 0) is 16.0 Å². The predicted molar refractivity (Wildman–Crippen MR) is 77.8 cm³/mol. The maximum absolute atomic E-state index is 13.2. The fraction of sp³-hybridized carbons (Fsp3) is 0.562. The molecule has 1 aromatic rings. The number of morpholine rings is 1. The molecule has 1 aromatic carbocycles. The Kier molecular flexibility index (Phi) is 4.40. The van der Waals surface area contributed by atoms with Crippen LogP contribution in [0, 0.1) is 0 Å². The lowest BCUT2D eigenvalue weighted by atomic mass is 10.1.